The molecule has 0 aromatic carbocycles. The van der Waals surface area contributed by atoms with E-state index >= 15 is 0 Å². The van der Waals surface area contributed by atoms with Crippen LogP contribution in [0.4, 0.5) is 0 Å². The largest absolute Gasteiger partial charge is 0.657 e. The third-order valence-corrected chi connectivity index (χ3v) is 27.5. The first-order valence-corrected chi connectivity index (χ1v) is 30.9. The van der Waals surface area contributed by atoms with E-state index in [1.165, 1.54) is 0 Å². The highest BCUT2D eigenvalue weighted by Crippen LogP contribution is 2.28. The maximum absolute atomic E-state index is 6.39. The Labute approximate surface area is 264 Å². The molecule has 18 heteroatoms. The van der Waals surface area contributed by atoms with Crippen LogP contribution in [0.3, 0.4) is 0 Å². The van der Waals surface area contributed by atoms with Crippen molar-refractivity contribution in [1.82, 2.24) is 0 Å². The summed E-state index contributed by atoms with van der Waals surface area (Å²) in [5, 5.41) is 0. The van der Waals surface area contributed by atoms with Gasteiger partial charge in [-0.2, -0.15) is 0 Å². The topological polar surface area (TPSA) is 178 Å². The molecule has 0 aliphatic heterocycles. The van der Waals surface area contributed by atoms with E-state index in [2.05, 4.69) is 52.4 Å². The van der Waals surface area contributed by atoms with Crippen LogP contribution in [0.15, 0.2) is 0 Å². The van der Waals surface area contributed by atoms with E-state index < -0.39 is 51.4 Å². The van der Waals surface area contributed by atoms with Crippen LogP contribution in [0.25, 0.3) is 0 Å². The molecule has 0 aliphatic rings. The number of nitrogens with two attached hydrogens (primary N) is 4. The van der Waals surface area contributed by atoms with E-state index in [4.69, 9.17) is 57.1 Å². The predicted octanol–water partition coefficient (Wildman–Crippen LogP) is 3.71. The van der Waals surface area contributed by atoms with Gasteiger partial charge in [0.05, 0.1) is 0 Å². The highest BCUT2D eigenvalue weighted by Gasteiger charge is 2.52. The molecular weight excluding hydrogens is 641 g/mol. The average molecular weight is 709 g/mol. The number of unbranched alkanes of at least 4 members (excludes halogenated alkanes) is 2. The highest BCUT2D eigenvalue weighted by molar-refractivity contribution is 6.85. The maximum Gasteiger partial charge on any atom is 0.657 e. The van der Waals surface area contributed by atoms with E-state index in [0.717, 1.165) is 62.9 Å². The van der Waals surface area contributed by atoms with Gasteiger partial charge >= 0.3 is 18.1 Å². The minimum Gasteiger partial charge on any atom is -0.395 e. The molecule has 0 saturated heterocycles. The van der Waals surface area contributed by atoms with E-state index in [9.17, 15) is 0 Å². The highest BCUT2D eigenvalue weighted by atomic mass is 28.5. The van der Waals surface area contributed by atoms with Crippen LogP contribution in [0.1, 0.15) is 25.7 Å². The monoisotopic (exact) mass is 708 g/mol. The Kier molecular flexibility index (Phi) is 23.1. The van der Waals surface area contributed by atoms with Gasteiger partial charge in [0.2, 0.25) is 0 Å². The first-order valence-electron chi connectivity index (χ1n) is 15.1. The molecule has 0 atom stereocenters. The molecule has 0 rings (SSSR count). The Morgan fingerprint density at radius 3 is 0.786 bits per heavy atom. The summed E-state index contributed by atoms with van der Waals surface area (Å²) in [7, 11) is -7.48. The first kappa shape index (κ1) is 44.9. The van der Waals surface area contributed by atoms with Crippen LogP contribution in [-0.2, 0) is 34.2 Å². The lowest BCUT2D eigenvalue weighted by atomic mass is 10.3. The number of hydrogen-bond acceptors (Lipinski definition) is 12. The summed E-state index contributed by atoms with van der Waals surface area (Å²) in [4.78, 5) is 0. The standard InChI is InChI=1S/C14H38N2O4Si3.C10H30N2O4Si3/c1-17-23(18-2,19-21(3,4)13-9-7-11-15)20-22(5,6)14-10-8-12-16;1-13-19(14-2,15-17(3,4)9-7-11)16-18(5,6)10-8-12/h7-16H2,1-6H3;7-12H2,1-6H3. The van der Waals surface area contributed by atoms with Crippen molar-refractivity contribution in [2.45, 2.75) is 102 Å². The lowest BCUT2D eigenvalue weighted by Gasteiger charge is -2.38. The molecule has 0 spiro atoms. The molecule has 0 aromatic heterocycles. The van der Waals surface area contributed by atoms with Crippen LogP contribution in [-0.4, -0.2) is 106 Å². The molecule has 0 unspecified atom stereocenters. The molecule has 42 heavy (non-hydrogen) atoms. The van der Waals surface area contributed by atoms with Gasteiger partial charge in [-0.3, -0.25) is 0 Å². The smallest absolute Gasteiger partial charge is 0.395 e. The van der Waals surface area contributed by atoms with Crippen molar-refractivity contribution in [1.29, 1.82) is 0 Å². The van der Waals surface area contributed by atoms with Gasteiger partial charge in [0.15, 0.2) is 33.3 Å². The fourth-order valence-corrected chi connectivity index (χ4v) is 24.3. The molecule has 0 heterocycles. The van der Waals surface area contributed by atoms with Crippen LogP contribution in [0.5, 0.6) is 0 Å². The van der Waals surface area contributed by atoms with Gasteiger partial charge in [0.1, 0.15) is 0 Å². The molecular formula is C24H68N4O8Si6. The van der Waals surface area contributed by atoms with Crippen molar-refractivity contribution in [2.24, 2.45) is 22.9 Å². The van der Waals surface area contributed by atoms with Crippen molar-refractivity contribution in [3.63, 3.8) is 0 Å². The van der Waals surface area contributed by atoms with Crippen LogP contribution >= 0.6 is 0 Å². The number of rotatable bonds is 24. The predicted molar refractivity (Wildman–Crippen MR) is 188 cm³/mol. The SMILES string of the molecule is CO[Si](OC)(O[Si](C)(C)CCCCN)O[Si](C)(C)CCCCN.CO[Si](OC)(O[Si](C)(C)CCN)O[Si](C)(C)CCN. The molecule has 0 amide bonds. The Morgan fingerprint density at radius 1 is 0.357 bits per heavy atom. The van der Waals surface area contributed by atoms with Crippen molar-refractivity contribution in [3.05, 3.63) is 0 Å². The normalized spacial score (nSPS) is 13.7. The van der Waals surface area contributed by atoms with Gasteiger partial charge in [-0.15, -0.1) is 0 Å². The molecule has 0 radical (unpaired) electrons. The Bertz CT molecular complexity index is 643. The maximum atomic E-state index is 6.39. The summed E-state index contributed by atoms with van der Waals surface area (Å²) >= 11 is 0. The second-order valence-electron chi connectivity index (χ2n) is 12.8. The lowest BCUT2D eigenvalue weighted by Crippen LogP contribution is -2.59. The second-order valence-corrected chi connectivity index (χ2v) is 35.8. The van der Waals surface area contributed by atoms with Gasteiger partial charge in [-0.1, -0.05) is 12.8 Å². The van der Waals surface area contributed by atoms with Gasteiger partial charge in [-0.05, 0) is 116 Å². The third-order valence-electron chi connectivity index (χ3n) is 6.56. The van der Waals surface area contributed by atoms with Crippen LogP contribution in [0.2, 0.25) is 76.6 Å². The van der Waals surface area contributed by atoms with E-state index in [-0.39, 0.29) is 0 Å². The third kappa shape index (κ3) is 20.0. The summed E-state index contributed by atoms with van der Waals surface area (Å²) in [5.74, 6) is 0. The second kappa shape index (κ2) is 21.6. The molecule has 12 nitrogen and oxygen atoms in total. The van der Waals surface area contributed by atoms with Gasteiger partial charge in [0, 0.05) is 28.4 Å². The summed E-state index contributed by atoms with van der Waals surface area (Å²) in [6.45, 7) is 19.8. The molecule has 0 fully saturated rings. The zero-order valence-electron chi connectivity index (χ0n) is 29.1. The zero-order valence-corrected chi connectivity index (χ0v) is 35.1. The number of hydrogen-bond donors (Lipinski definition) is 4. The van der Waals surface area contributed by atoms with Gasteiger partial charge in [-0.25, -0.2) is 0 Å². The molecule has 0 aliphatic carbocycles. The Balaban J connectivity index is 0. The molecule has 256 valence electrons. The van der Waals surface area contributed by atoms with Crippen molar-refractivity contribution < 1.29 is 34.2 Å². The van der Waals surface area contributed by atoms with E-state index in [1.54, 1.807) is 28.4 Å². The van der Waals surface area contributed by atoms with Crippen LogP contribution < -0.4 is 22.9 Å². The molecule has 8 N–H and O–H groups in total. The first-order chi connectivity index (χ1) is 19.3. The minimum absolute atomic E-state index is 0.598. The molecule has 0 bridgehead atoms. The summed E-state index contributed by atoms with van der Waals surface area (Å²) < 4.78 is 47.5. The van der Waals surface area contributed by atoms with E-state index in [1.807, 2.05) is 0 Å². The van der Waals surface area contributed by atoms with Crippen molar-refractivity contribution in [2.75, 3.05) is 54.6 Å². The summed E-state index contributed by atoms with van der Waals surface area (Å²) in [5.41, 5.74) is 22.4. The molecule has 0 saturated carbocycles. The Morgan fingerprint density at radius 2 is 0.595 bits per heavy atom. The van der Waals surface area contributed by atoms with Gasteiger partial charge in [0.25, 0.3) is 0 Å². The lowest BCUT2D eigenvalue weighted by molar-refractivity contribution is 0.0747. The van der Waals surface area contributed by atoms with Crippen LogP contribution in [0, 0.1) is 0 Å². The van der Waals surface area contributed by atoms with E-state index in [0.29, 0.717) is 13.1 Å². The molecule has 0 aromatic rings. The zero-order chi connectivity index (χ0) is 33.1. The minimum atomic E-state index is -3.08. The quantitative estimate of drug-likeness (QED) is 0.0846. The summed E-state index contributed by atoms with van der Waals surface area (Å²) in [6, 6.07) is 3.75. The Hall–Kier alpha value is 0.821. The fourth-order valence-electron chi connectivity index (χ4n) is 4.18. The summed E-state index contributed by atoms with van der Waals surface area (Å²) in [6.07, 6.45) is 4.19. The average Bonchev–Trinajstić information content (AvgIpc) is 2.87. The van der Waals surface area contributed by atoms with Gasteiger partial charge < -0.3 is 57.1 Å². The van der Waals surface area contributed by atoms with Crippen molar-refractivity contribution in [3.8, 4) is 0 Å². The fraction of sp³-hybridized carbons (Fsp3) is 1.00. The van der Waals surface area contributed by atoms with Crippen molar-refractivity contribution >= 4 is 51.4 Å².